The summed E-state index contributed by atoms with van der Waals surface area (Å²) in [5.41, 5.74) is 1.58. The maximum atomic E-state index is 11.2. The molecule has 0 aliphatic rings. The number of hydrogen-bond donors (Lipinski definition) is 2. The minimum Gasteiger partial charge on any atom is -0.496 e. The Morgan fingerprint density at radius 1 is 1.00 bits per heavy atom. The first-order valence-corrected chi connectivity index (χ1v) is 6.95. The van der Waals surface area contributed by atoms with E-state index in [4.69, 9.17) is 14.2 Å². The molecule has 0 aliphatic carbocycles. The molecule has 6 nitrogen and oxygen atoms in total. The fraction of sp³-hybridized carbons (Fsp3) is 0.235. The quantitative estimate of drug-likeness (QED) is 0.817. The summed E-state index contributed by atoms with van der Waals surface area (Å²) in [5, 5.41) is 12.3. The van der Waals surface area contributed by atoms with Crippen molar-refractivity contribution in [3.8, 4) is 17.2 Å². The number of ether oxygens (including phenoxy) is 3. The minimum absolute atomic E-state index is 0.215. The van der Waals surface area contributed by atoms with Crippen LogP contribution in [0.1, 0.15) is 15.9 Å². The number of anilines is 1. The van der Waals surface area contributed by atoms with E-state index in [0.717, 1.165) is 5.56 Å². The van der Waals surface area contributed by atoms with Crippen LogP contribution >= 0.6 is 0 Å². The molecular formula is C17H19NO5. The molecule has 0 spiro atoms. The molecule has 122 valence electrons. The number of methoxy groups -OCH3 is 3. The summed E-state index contributed by atoms with van der Waals surface area (Å²) in [6.45, 7) is 0.383. The fourth-order valence-electron chi connectivity index (χ4n) is 2.24. The summed E-state index contributed by atoms with van der Waals surface area (Å²) in [4.78, 5) is 11.2. The molecular weight excluding hydrogens is 298 g/mol. The monoisotopic (exact) mass is 317 g/mol. The molecule has 2 aromatic carbocycles. The molecule has 23 heavy (non-hydrogen) atoms. The maximum absolute atomic E-state index is 11.2. The lowest BCUT2D eigenvalue weighted by atomic mass is 10.1. The molecule has 0 atom stereocenters. The van der Waals surface area contributed by atoms with Gasteiger partial charge in [0.05, 0.1) is 26.9 Å². The topological polar surface area (TPSA) is 77.0 Å². The Bertz CT molecular complexity index is 699. The summed E-state index contributed by atoms with van der Waals surface area (Å²) >= 11 is 0. The van der Waals surface area contributed by atoms with Crippen LogP contribution in [0.5, 0.6) is 17.2 Å². The number of rotatable bonds is 7. The zero-order chi connectivity index (χ0) is 16.8. The van der Waals surface area contributed by atoms with Gasteiger partial charge in [-0.3, -0.25) is 0 Å². The fourth-order valence-corrected chi connectivity index (χ4v) is 2.24. The van der Waals surface area contributed by atoms with Crippen molar-refractivity contribution in [1.82, 2.24) is 0 Å². The molecule has 2 aromatic rings. The van der Waals surface area contributed by atoms with Crippen molar-refractivity contribution in [1.29, 1.82) is 0 Å². The van der Waals surface area contributed by atoms with E-state index in [-0.39, 0.29) is 5.56 Å². The summed E-state index contributed by atoms with van der Waals surface area (Å²) in [5.74, 6) is 0.797. The van der Waals surface area contributed by atoms with E-state index < -0.39 is 5.97 Å². The molecule has 0 radical (unpaired) electrons. The normalized spacial score (nSPS) is 10.0. The van der Waals surface area contributed by atoms with E-state index in [2.05, 4.69) is 5.32 Å². The van der Waals surface area contributed by atoms with Crippen LogP contribution in [-0.4, -0.2) is 32.4 Å². The number of aromatic carboxylic acids is 1. The zero-order valence-corrected chi connectivity index (χ0v) is 13.3. The highest BCUT2D eigenvalue weighted by atomic mass is 16.5. The van der Waals surface area contributed by atoms with Gasteiger partial charge in [-0.2, -0.15) is 0 Å². The van der Waals surface area contributed by atoms with E-state index in [1.807, 2.05) is 0 Å². The molecule has 2 N–H and O–H groups in total. The van der Waals surface area contributed by atoms with E-state index in [9.17, 15) is 9.90 Å². The lowest BCUT2D eigenvalue weighted by molar-refractivity contribution is 0.0698. The highest BCUT2D eigenvalue weighted by Crippen LogP contribution is 2.35. The molecule has 0 amide bonds. The van der Waals surface area contributed by atoms with Gasteiger partial charge in [0.2, 0.25) is 0 Å². The van der Waals surface area contributed by atoms with Gasteiger partial charge in [-0.15, -0.1) is 0 Å². The van der Waals surface area contributed by atoms with Gasteiger partial charge in [-0.25, -0.2) is 4.79 Å². The van der Waals surface area contributed by atoms with Crippen LogP contribution in [0.2, 0.25) is 0 Å². The van der Waals surface area contributed by atoms with Crippen molar-refractivity contribution in [2.24, 2.45) is 0 Å². The number of nitrogens with one attached hydrogen (secondary N) is 1. The number of carbonyl (C=O) groups is 1. The zero-order valence-electron chi connectivity index (χ0n) is 13.3. The first-order valence-electron chi connectivity index (χ1n) is 6.95. The third kappa shape index (κ3) is 3.66. The highest BCUT2D eigenvalue weighted by molar-refractivity contribution is 5.94. The summed E-state index contributed by atoms with van der Waals surface area (Å²) in [6, 6.07) is 10.3. The smallest absolute Gasteiger partial charge is 0.337 e. The molecule has 0 saturated heterocycles. The van der Waals surface area contributed by atoms with Crippen LogP contribution in [0.15, 0.2) is 36.4 Å². The third-order valence-electron chi connectivity index (χ3n) is 3.41. The second-order valence-corrected chi connectivity index (χ2v) is 4.72. The predicted molar refractivity (Wildman–Crippen MR) is 86.8 cm³/mol. The van der Waals surface area contributed by atoms with Gasteiger partial charge >= 0.3 is 5.97 Å². The van der Waals surface area contributed by atoms with Crippen molar-refractivity contribution >= 4 is 11.7 Å². The van der Waals surface area contributed by atoms with Crippen molar-refractivity contribution in [2.75, 3.05) is 26.6 Å². The highest BCUT2D eigenvalue weighted by Gasteiger charge is 2.13. The Balaban J connectivity index is 2.28. The minimum atomic E-state index is -0.979. The lowest BCUT2D eigenvalue weighted by Gasteiger charge is -2.15. The summed E-state index contributed by atoms with van der Waals surface area (Å²) in [6.07, 6.45) is 0. The average Bonchev–Trinajstić information content (AvgIpc) is 2.59. The van der Waals surface area contributed by atoms with Gasteiger partial charge in [-0.1, -0.05) is 12.1 Å². The second kappa shape index (κ2) is 7.40. The van der Waals surface area contributed by atoms with E-state index >= 15 is 0 Å². The Kier molecular flexibility index (Phi) is 5.30. The first-order chi connectivity index (χ1) is 11.1. The Hall–Kier alpha value is -2.89. The molecule has 0 saturated carbocycles. The van der Waals surface area contributed by atoms with Crippen molar-refractivity contribution in [2.45, 2.75) is 6.54 Å². The van der Waals surface area contributed by atoms with Crippen LogP contribution in [0.4, 0.5) is 5.69 Å². The summed E-state index contributed by atoms with van der Waals surface area (Å²) < 4.78 is 15.9. The Labute approximate surface area is 134 Å². The van der Waals surface area contributed by atoms with Gasteiger partial charge in [0.1, 0.15) is 5.75 Å². The largest absolute Gasteiger partial charge is 0.496 e. The SMILES string of the molecule is COc1cc(OC)c(OC)cc1CNc1ccccc1C(=O)O. The van der Waals surface area contributed by atoms with Crippen LogP contribution in [0.3, 0.4) is 0 Å². The van der Waals surface area contributed by atoms with Crippen LogP contribution in [0, 0.1) is 0 Å². The number of hydrogen-bond acceptors (Lipinski definition) is 5. The number of carboxylic acids is 1. The van der Waals surface area contributed by atoms with Crippen molar-refractivity contribution in [3.05, 3.63) is 47.5 Å². The number of benzene rings is 2. The molecule has 0 heterocycles. The third-order valence-corrected chi connectivity index (χ3v) is 3.41. The second-order valence-electron chi connectivity index (χ2n) is 4.72. The maximum Gasteiger partial charge on any atom is 0.337 e. The molecule has 0 fully saturated rings. The summed E-state index contributed by atoms with van der Waals surface area (Å²) in [7, 11) is 4.68. The standard InChI is InChI=1S/C17H19NO5/c1-21-14-9-16(23-3)15(22-2)8-11(14)10-18-13-7-5-4-6-12(13)17(19)20/h4-9,18H,10H2,1-3H3,(H,19,20). The first kappa shape index (κ1) is 16.5. The molecule has 6 heteroatoms. The molecule has 0 aliphatic heterocycles. The van der Waals surface area contributed by atoms with Gasteiger partial charge < -0.3 is 24.6 Å². The number of para-hydroxylation sites is 1. The molecule has 0 bridgehead atoms. The number of carboxylic acid groups (broad SMARTS) is 1. The molecule has 2 rings (SSSR count). The van der Waals surface area contributed by atoms with Crippen LogP contribution in [-0.2, 0) is 6.54 Å². The average molecular weight is 317 g/mol. The van der Waals surface area contributed by atoms with Crippen molar-refractivity contribution < 1.29 is 24.1 Å². The van der Waals surface area contributed by atoms with Crippen molar-refractivity contribution in [3.63, 3.8) is 0 Å². The molecule has 0 unspecified atom stereocenters. The van der Waals surface area contributed by atoms with E-state index in [1.54, 1.807) is 57.7 Å². The van der Waals surface area contributed by atoms with Gasteiger partial charge in [0.25, 0.3) is 0 Å². The Morgan fingerprint density at radius 2 is 1.61 bits per heavy atom. The van der Waals surface area contributed by atoms with Gasteiger partial charge in [-0.05, 0) is 18.2 Å². The van der Waals surface area contributed by atoms with Crippen LogP contribution < -0.4 is 19.5 Å². The molecule has 0 aromatic heterocycles. The van der Waals surface area contributed by atoms with Crippen LogP contribution in [0.25, 0.3) is 0 Å². The van der Waals surface area contributed by atoms with Gasteiger partial charge in [0, 0.05) is 23.9 Å². The Morgan fingerprint density at radius 3 is 2.22 bits per heavy atom. The van der Waals surface area contributed by atoms with Gasteiger partial charge in [0.15, 0.2) is 11.5 Å². The predicted octanol–water partition coefficient (Wildman–Crippen LogP) is 3.02. The van der Waals surface area contributed by atoms with E-state index in [1.165, 1.54) is 0 Å². The van der Waals surface area contributed by atoms with E-state index in [0.29, 0.717) is 29.5 Å². The lowest BCUT2D eigenvalue weighted by Crippen LogP contribution is -2.07.